The minimum absolute atomic E-state index is 0.178. The highest BCUT2D eigenvalue weighted by Gasteiger charge is 2.14. The van der Waals surface area contributed by atoms with Gasteiger partial charge in [-0.15, -0.1) is 11.3 Å². The second-order valence-corrected chi connectivity index (χ2v) is 6.06. The molecule has 0 radical (unpaired) electrons. The zero-order valence-electron chi connectivity index (χ0n) is 10.4. The molecule has 0 aliphatic rings. The maximum absolute atomic E-state index is 4.61. The van der Waals surface area contributed by atoms with Crippen molar-refractivity contribution in [1.82, 2.24) is 19.7 Å². The minimum atomic E-state index is 0.178. The van der Waals surface area contributed by atoms with Gasteiger partial charge in [-0.3, -0.25) is 9.38 Å². The molecule has 0 saturated heterocycles. The summed E-state index contributed by atoms with van der Waals surface area (Å²) in [5, 5.41) is 5.34. The van der Waals surface area contributed by atoms with Gasteiger partial charge in [-0.1, -0.05) is 0 Å². The van der Waals surface area contributed by atoms with E-state index in [0.29, 0.717) is 0 Å². The summed E-state index contributed by atoms with van der Waals surface area (Å²) >= 11 is 5.05. The fourth-order valence-electron chi connectivity index (χ4n) is 2.03. The Morgan fingerprint density at radius 2 is 2.37 bits per heavy atom. The van der Waals surface area contributed by atoms with E-state index in [2.05, 4.69) is 41.8 Å². The van der Waals surface area contributed by atoms with E-state index >= 15 is 0 Å². The Kier molecular flexibility index (Phi) is 3.63. The van der Waals surface area contributed by atoms with Gasteiger partial charge in [0.15, 0.2) is 4.96 Å². The second-order valence-electron chi connectivity index (χ2n) is 4.27. The normalized spacial score (nSPS) is 12.9. The van der Waals surface area contributed by atoms with E-state index in [4.69, 9.17) is 0 Å². The quantitative estimate of drug-likeness (QED) is 0.796. The first-order valence-corrected chi connectivity index (χ1v) is 7.63. The summed E-state index contributed by atoms with van der Waals surface area (Å²) in [7, 11) is 1.95. The summed E-state index contributed by atoms with van der Waals surface area (Å²) in [5.74, 6) is 0. The molecule has 1 unspecified atom stereocenters. The van der Waals surface area contributed by atoms with Crippen LogP contribution in [0.15, 0.2) is 40.6 Å². The van der Waals surface area contributed by atoms with Gasteiger partial charge in [0.05, 0.1) is 17.4 Å². The molecule has 1 atom stereocenters. The van der Waals surface area contributed by atoms with Crippen molar-refractivity contribution in [3.63, 3.8) is 0 Å². The zero-order valence-corrected chi connectivity index (χ0v) is 12.8. The first-order valence-electron chi connectivity index (χ1n) is 5.96. The zero-order chi connectivity index (χ0) is 13.2. The molecule has 3 aromatic rings. The topological polar surface area (TPSA) is 42.2 Å². The molecule has 3 rings (SSSR count). The number of aromatic nitrogens is 3. The summed E-state index contributed by atoms with van der Waals surface area (Å²) in [6, 6.07) is 4.22. The van der Waals surface area contributed by atoms with Gasteiger partial charge in [-0.25, -0.2) is 4.98 Å². The summed E-state index contributed by atoms with van der Waals surface area (Å²) in [6.45, 7) is 0. The number of pyridine rings is 1. The van der Waals surface area contributed by atoms with E-state index in [1.807, 2.05) is 37.0 Å². The van der Waals surface area contributed by atoms with Gasteiger partial charge in [0, 0.05) is 34.9 Å². The van der Waals surface area contributed by atoms with Crippen LogP contribution < -0.4 is 5.32 Å². The van der Waals surface area contributed by atoms with Crippen LogP contribution in [0.1, 0.15) is 17.4 Å². The highest BCUT2D eigenvalue weighted by atomic mass is 79.9. The lowest BCUT2D eigenvalue weighted by Gasteiger charge is -2.14. The largest absolute Gasteiger partial charge is 0.311 e. The minimum Gasteiger partial charge on any atom is -0.311 e. The van der Waals surface area contributed by atoms with Gasteiger partial charge in [0.25, 0.3) is 0 Å². The fraction of sp³-hybridized carbons (Fsp3) is 0.231. The molecule has 1 N–H and O–H groups in total. The number of rotatable bonds is 4. The van der Waals surface area contributed by atoms with Crippen molar-refractivity contribution in [3.8, 4) is 0 Å². The van der Waals surface area contributed by atoms with Crippen molar-refractivity contribution in [2.24, 2.45) is 0 Å². The molecule has 3 heterocycles. The highest BCUT2D eigenvalue weighted by molar-refractivity contribution is 9.10. The predicted molar refractivity (Wildman–Crippen MR) is 80.5 cm³/mol. The Bertz CT molecular complexity index is 645. The van der Waals surface area contributed by atoms with Crippen LogP contribution >= 0.6 is 27.3 Å². The van der Waals surface area contributed by atoms with E-state index in [9.17, 15) is 0 Å². The van der Waals surface area contributed by atoms with Crippen LogP contribution in [0.5, 0.6) is 0 Å². The van der Waals surface area contributed by atoms with Crippen molar-refractivity contribution >= 4 is 32.2 Å². The Morgan fingerprint density at radius 3 is 3.05 bits per heavy atom. The van der Waals surface area contributed by atoms with Crippen LogP contribution in [0, 0.1) is 0 Å². The van der Waals surface area contributed by atoms with Gasteiger partial charge in [0.1, 0.15) is 0 Å². The van der Waals surface area contributed by atoms with Gasteiger partial charge < -0.3 is 5.32 Å². The molecule has 98 valence electrons. The smallest absolute Gasteiger partial charge is 0.193 e. The third kappa shape index (κ3) is 2.70. The maximum Gasteiger partial charge on any atom is 0.193 e. The number of nitrogens with one attached hydrogen (secondary N) is 1. The lowest BCUT2D eigenvalue weighted by molar-refractivity contribution is 0.570. The number of nitrogens with zero attached hydrogens (tertiary/aromatic N) is 3. The van der Waals surface area contributed by atoms with E-state index < -0.39 is 0 Å². The van der Waals surface area contributed by atoms with Crippen molar-refractivity contribution in [2.75, 3.05) is 7.05 Å². The van der Waals surface area contributed by atoms with E-state index in [1.54, 1.807) is 11.3 Å². The van der Waals surface area contributed by atoms with Crippen molar-refractivity contribution in [1.29, 1.82) is 0 Å². The lowest BCUT2D eigenvalue weighted by atomic mass is 10.1. The third-order valence-corrected chi connectivity index (χ3v) is 4.25. The van der Waals surface area contributed by atoms with Crippen LogP contribution in [0.4, 0.5) is 0 Å². The number of hydrogen-bond acceptors (Lipinski definition) is 4. The average molecular weight is 337 g/mol. The molecule has 0 aliphatic carbocycles. The Morgan fingerprint density at radius 1 is 1.47 bits per heavy atom. The molecule has 4 nitrogen and oxygen atoms in total. The van der Waals surface area contributed by atoms with Crippen molar-refractivity contribution in [2.45, 2.75) is 12.5 Å². The first-order chi connectivity index (χ1) is 9.26. The SMILES string of the molecule is CNC(Cc1cn2ccsc2n1)c1ccc(Br)cn1. The van der Waals surface area contributed by atoms with Gasteiger partial charge in [0.2, 0.25) is 0 Å². The fourth-order valence-corrected chi connectivity index (χ4v) is 2.98. The van der Waals surface area contributed by atoms with Gasteiger partial charge in [-0.05, 0) is 35.1 Å². The van der Waals surface area contributed by atoms with Crippen LogP contribution in [0.2, 0.25) is 0 Å². The standard InChI is InChI=1S/C13H13BrN4S/c1-15-12(11-3-2-9(14)7-16-11)6-10-8-18-4-5-19-13(18)17-10/h2-5,7-8,12,15H,6H2,1H3. The first kappa shape index (κ1) is 12.8. The highest BCUT2D eigenvalue weighted by Crippen LogP contribution is 2.19. The lowest BCUT2D eigenvalue weighted by Crippen LogP contribution is -2.20. The monoisotopic (exact) mass is 336 g/mol. The molecule has 0 aromatic carbocycles. The van der Waals surface area contributed by atoms with Crippen LogP contribution in [-0.2, 0) is 6.42 Å². The molecular weight excluding hydrogens is 324 g/mol. The Labute approximate surface area is 123 Å². The van der Waals surface area contributed by atoms with Crippen molar-refractivity contribution in [3.05, 3.63) is 52.0 Å². The predicted octanol–water partition coefficient (Wildman–Crippen LogP) is 3.06. The Balaban J connectivity index is 1.83. The molecule has 0 aliphatic heterocycles. The van der Waals surface area contributed by atoms with Crippen LogP contribution in [-0.4, -0.2) is 21.4 Å². The Hall–Kier alpha value is -1.24. The molecule has 0 bridgehead atoms. The van der Waals surface area contributed by atoms with Crippen LogP contribution in [0.25, 0.3) is 4.96 Å². The molecular formula is C13H13BrN4S. The second kappa shape index (κ2) is 5.40. The summed E-state index contributed by atoms with van der Waals surface area (Å²) in [5.41, 5.74) is 2.11. The number of thiazole rings is 1. The molecule has 0 spiro atoms. The summed E-state index contributed by atoms with van der Waals surface area (Å²) in [6.07, 6.45) is 6.77. The maximum atomic E-state index is 4.61. The third-order valence-electron chi connectivity index (χ3n) is 3.01. The molecule has 3 aromatic heterocycles. The van der Waals surface area contributed by atoms with E-state index in [1.165, 1.54) is 0 Å². The van der Waals surface area contributed by atoms with Crippen molar-refractivity contribution < 1.29 is 0 Å². The molecule has 0 fully saturated rings. The van der Waals surface area contributed by atoms with E-state index in [-0.39, 0.29) is 6.04 Å². The number of fused-ring (bicyclic) bond motifs is 1. The molecule has 19 heavy (non-hydrogen) atoms. The molecule has 0 saturated carbocycles. The number of halogens is 1. The van der Waals surface area contributed by atoms with Crippen LogP contribution in [0.3, 0.4) is 0 Å². The number of likely N-dealkylation sites (N-methyl/N-ethyl adjacent to an activating group) is 1. The summed E-state index contributed by atoms with van der Waals surface area (Å²) in [4.78, 5) is 10.1. The summed E-state index contributed by atoms with van der Waals surface area (Å²) < 4.78 is 3.05. The molecule has 6 heteroatoms. The average Bonchev–Trinajstić information content (AvgIpc) is 2.98. The van der Waals surface area contributed by atoms with Gasteiger partial charge >= 0.3 is 0 Å². The van der Waals surface area contributed by atoms with Gasteiger partial charge in [-0.2, -0.15) is 0 Å². The number of hydrogen-bond donors (Lipinski definition) is 1. The number of imidazole rings is 1. The molecule has 0 amide bonds. The van der Waals surface area contributed by atoms with E-state index in [0.717, 1.165) is 27.2 Å².